The fourth-order valence-electron chi connectivity index (χ4n) is 3.66. The molecule has 1 saturated heterocycles. The molecule has 7 heteroatoms. The SMILES string of the molecule is C[C@H](C=CC(OC(=O)c1ccccc1)[C@H]1OC(C)(C)O[C@H]1CCO)[C@@H](C)O[Si](C)(C)C(C)(C)C. The zero-order valence-electron chi connectivity index (χ0n) is 22.3. The predicted molar refractivity (Wildman–Crippen MR) is 137 cm³/mol. The third-order valence-electron chi connectivity index (χ3n) is 6.84. The van der Waals surface area contributed by atoms with E-state index in [9.17, 15) is 9.90 Å². The first-order valence-electron chi connectivity index (χ1n) is 12.3. The molecule has 1 aliphatic rings. The van der Waals surface area contributed by atoms with Gasteiger partial charge in [0.05, 0.1) is 11.7 Å². The Balaban J connectivity index is 2.24. The quantitative estimate of drug-likeness (QED) is 0.256. The van der Waals surface area contributed by atoms with Crippen LogP contribution in [-0.4, -0.2) is 56.2 Å². The summed E-state index contributed by atoms with van der Waals surface area (Å²) >= 11 is 0. The molecule has 1 fully saturated rings. The highest BCUT2D eigenvalue weighted by Crippen LogP contribution is 2.38. The highest BCUT2D eigenvalue weighted by atomic mass is 28.4. The number of aliphatic hydroxyl groups is 1. The molecule has 5 atom stereocenters. The topological polar surface area (TPSA) is 74.2 Å². The molecule has 1 heterocycles. The van der Waals surface area contributed by atoms with Crippen molar-refractivity contribution in [3.05, 3.63) is 48.0 Å². The van der Waals surface area contributed by atoms with Gasteiger partial charge in [-0.2, -0.15) is 0 Å². The number of ether oxygens (including phenoxy) is 3. The first-order valence-corrected chi connectivity index (χ1v) is 15.2. The summed E-state index contributed by atoms with van der Waals surface area (Å²) < 4.78 is 24.6. The average Bonchev–Trinajstić information content (AvgIpc) is 3.04. The summed E-state index contributed by atoms with van der Waals surface area (Å²) in [4.78, 5) is 12.9. The van der Waals surface area contributed by atoms with Crippen LogP contribution in [0, 0.1) is 5.92 Å². The van der Waals surface area contributed by atoms with Gasteiger partial charge in [0.2, 0.25) is 0 Å². The standard InChI is InChI=1S/C27H44O6Si/c1-19(20(2)33-34(8,9)26(3,4)5)15-16-22(30-25(29)21-13-11-10-12-14-21)24-23(17-18-28)31-27(6,7)32-24/h10-16,19-20,22-24,28H,17-18H2,1-9H3/t19-,20-,22?,23+,24-/m1/s1. The Morgan fingerprint density at radius 2 is 1.76 bits per heavy atom. The Morgan fingerprint density at radius 1 is 1.15 bits per heavy atom. The molecule has 0 saturated carbocycles. The van der Waals surface area contributed by atoms with Gasteiger partial charge >= 0.3 is 5.97 Å². The van der Waals surface area contributed by atoms with E-state index in [4.69, 9.17) is 18.6 Å². The second-order valence-electron chi connectivity index (χ2n) is 11.2. The zero-order valence-corrected chi connectivity index (χ0v) is 23.3. The normalized spacial score (nSPS) is 23.6. The lowest BCUT2D eigenvalue weighted by atomic mass is 10.0. The smallest absolute Gasteiger partial charge is 0.338 e. The van der Waals surface area contributed by atoms with Gasteiger partial charge in [-0.3, -0.25) is 0 Å². The molecule has 1 aromatic rings. The highest BCUT2D eigenvalue weighted by Gasteiger charge is 2.46. The first-order chi connectivity index (χ1) is 15.7. The van der Waals surface area contributed by atoms with Crippen molar-refractivity contribution in [2.45, 2.75) is 103 Å². The van der Waals surface area contributed by atoms with Crippen molar-refractivity contribution in [2.24, 2.45) is 5.92 Å². The van der Waals surface area contributed by atoms with Gasteiger partial charge in [0.1, 0.15) is 12.2 Å². The fraction of sp³-hybridized carbons (Fsp3) is 0.667. The first kappa shape index (κ1) is 28.7. The van der Waals surface area contributed by atoms with Crippen LogP contribution < -0.4 is 0 Å². The van der Waals surface area contributed by atoms with E-state index in [1.807, 2.05) is 32.1 Å². The van der Waals surface area contributed by atoms with E-state index >= 15 is 0 Å². The molecule has 6 nitrogen and oxygen atoms in total. The van der Waals surface area contributed by atoms with Crippen molar-refractivity contribution in [3.8, 4) is 0 Å². The van der Waals surface area contributed by atoms with Crippen LogP contribution in [0.3, 0.4) is 0 Å². The lowest BCUT2D eigenvalue weighted by Crippen LogP contribution is -2.44. The van der Waals surface area contributed by atoms with Crippen molar-refractivity contribution in [3.63, 3.8) is 0 Å². The largest absolute Gasteiger partial charge is 0.452 e. The minimum Gasteiger partial charge on any atom is -0.452 e. The Bertz CT molecular complexity index is 814. The zero-order chi connectivity index (χ0) is 25.7. The van der Waals surface area contributed by atoms with Crippen molar-refractivity contribution >= 4 is 14.3 Å². The van der Waals surface area contributed by atoms with Gasteiger partial charge < -0.3 is 23.7 Å². The molecule has 2 rings (SSSR count). The number of rotatable bonds is 10. The summed E-state index contributed by atoms with van der Waals surface area (Å²) in [6.07, 6.45) is 2.72. The van der Waals surface area contributed by atoms with Gasteiger partial charge in [-0.1, -0.05) is 52.0 Å². The monoisotopic (exact) mass is 492 g/mol. The maximum absolute atomic E-state index is 12.9. The summed E-state index contributed by atoms with van der Waals surface area (Å²) in [6.45, 7) is 19.0. The number of benzene rings is 1. The van der Waals surface area contributed by atoms with Gasteiger partial charge in [0.15, 0.2) is 14.1 Å². The number of carbonyl (C=O) groups excluding carboxylic acids is 1. The Labute approximate surface area is 206 Å². The molecule has 0 bridgehead atoms. The molecule has 1 aliphatic heterocycles. The number of hydrogen-bond donors (Lipinski definition) is 1. The highest BCUT2D eigenvalue weighted by molar-refractivity contribution is 6.74. The summed E-state index contributed by atoms with van der Waals surface area (Å²) in [7, 11) is -1.92. The minimum absolute atomic E-state index is 0.00745. The van der Waals surface area contributed by atoms with E-state index in [2.05, 4.69) is 47.7 Å². The Morgan fingerprint density at radius 3 is 2.32 bits per heavy atom. The van der Waals surface area contributed by atoms with Crippen LogP contribution >= 0.6 is 0 Å². The molecule has 192 valence electrons. The van der Waals surface area contributed by atoms with Crippen LogP contribution in [0.1, 0.15) is 65.2 Å². The maximum Gasteiger partial charge on any atom is 0.338 e. The molecule has 1 N–H and O–H groups in total. The third-order valence-corrected chi connectivity index (χ3v) is 11.4. The molecule has 0 amide bonds. The van der Waals surface area contributed by atoms with Crippen LogP contribution in [0.4, 0.5) is 0 Å². The second-order valence-corrected chi connectivity index (χ2v) is 16.0. The van der Waals surface area contributed by atoms with E-state index in [0.29, 0.717) is 12.0 Å². The van der Waals surface area contributed by atoms with Gasteiger partial charge in [0, 0.05) is 12.7 Å². The number of hydrogen-bond acceptors (Lipinski definition) is 6. The van der Waals surface area contributed by atoms with Crippen LogP contribution in [0.5, 0.6) is 0 Å². The Hall–Kier alpha value is -1.51. The van der Waals surface area contributed by atoms with Crippen molar-refractivity contribution < 1.29 is 28.5 Å². The van der Waals surface area contributed by atoms with Crippen molar-refractivity contribution in [1.29, 1.82) is 0 Å². The molecule has 1 unspecified atom stereocenters. The molecule has 0 aromatic heterocycles. The van der Waals surface area contributed by atoms with E-state index in [-0.39, 0.29) is 23.7 Å². The van der Waals surface area contributed by atoms with Crippen LogP contribution in [-0.2, 0) is 18.6 Å². The van der Waals surface area contributed by atoms with E-state index in [1.165, 1.54) is 0 Å². The maximum atomic E-state index is 12.9. The number of esters is 1. The summed E-state index contributed by atoms with van der Waals surface area (Å²) in [5.41, 5.74) is 0.473. The lowest BCUT2D eigenvalue weighted by molar-refractivity contribution is -0.153. The molecule has 0 spiro atoms. The van der Waals surface area contributed by atoms with Crippen LogP contribution in [0.25, 0.3) is 0 Å². The van der Waals surface area contributed by atoms with Crippen molar-refractivity contribution in [1.82, 2.24) is 0 Å². The van der Waals surface area contributed by atoms with Gasteiger partial charge in [-0.25, -0.2) is 4.79 Å². The van der Waals surface area contributed by atoms with Crippen LogP contribution in [0.2, 0.25) is 18.1 Å². The van der Waals surface area contributed by atoms with E-state index < -0.39 is 38.4 Å². The summed E-state index contributed by atoms with van der Waals surface area (Å²) in [5, 5.41) is 9.67. The predicted octanol–water partition coefficient (Wildman–Crippen LogP) is 5.72. The van der Waals surface area contributed by atoms with E-state index in [0.717, 1.165) is 0 Å². The van der Waals surface area contributed by atoms with Crippen LogP contribution in [0.15, 0.2) is 42.5 Å². The molecule has 0 radical (unpaired) electrons. The minimum atomic E-state index is -1.92. The molecule has 0 aliphatic carbocycles. The molecule has 34 heavy (non-hydrogen) atoms. The van der Waals surface area contributed by atoms with Crippen molar-refractivity contribution in [2.75, 3.05) is 6.61 Å². The third kappa shape index (κ3) is 7.75. The van der Waals surface area contributed by atoms with E-state index in [1.54, 1.807) is 24.3 Å². The number of aliphatic hydroxyl groups excluding tert-OH is 1. The molecular weight excluding hydrogens is 448 g/mol. The average molecular weight is 493 g/mol. The number of carbonyl (C=O) groups is 1. The molecular formula is C27H44O6Si. The molecule has 1 aromatic carbocycles. The van der Waals surface area contributed by atoms with Gasteiger partial charge in [0.25, 0.3) is 0 Å². The fourth-order valence-corrected chi connectivity index (χ4v) is 5.16. The summed E-state index contributed by atoms with van der Waals surface area (Å²) in [6, 6.07) is 8.91. The second kappa shape index (κ2) is 11.5. The van der Waals surface area contributed by atoms with Gasteiger partial charge in [-0.05, 0) is 69.5 Å². The van der Waals surface area contributed by atoms with Gasteiger partial charge in [-0.15, -0.1) is 0 Å². The summed E-state index contributed by atoms with van der Waals surface area (Å²) in [5.74, 6) is -1.16. The lowest BCUT2D eigenvalue weighted by Gasteiger charge is -2.39. The Kier molecular flexibility index (Phi) is 9.70.